The van der Waals surface area contributed by atoms with Gasteiger partial charge in [0.2, 0.25) is 0 Å². The normalized spacial score (nSPS) is 30.3. The van der Waals surface area contributed by atoms with E-state index in [9.17, 15) is 0 Å². The minimum absolute atomic E-state index is 0.540. The predicted molar refractivity (Wildman–Crippen MR) is 86.0 cm³/mol. The summed E-state index contributed by atoms with van der Waals surface area (Å²) in [6.07, 6.45) is 14.4. The molecule has 2 aliphatic rings. The molecule has 0 aliphatic heterocycles. The molecule has 3 atom stereocenters. The summed E-state index contributed by atoms with van der Waals surface area (Å²) < 4.78 is 6.39. The van der Waals surface area contributed by atoms with Gasteiger partial charge in [0.1, 0.15) is 0 Å². The van der Waals surface area contributed by atoms with Crippen LogP contribution in [0.25, 0.3) is 0 Å². The molecule has 1 N–H and O–H groups in total. The lowest BCUT2D eigenvalue weighted by Crippen LogP contribution is -2.42. The summed E-state index contributed by atoms with van der Waals surface area (Å²) in [7, 11) is 0. The van der Waals surface area contributed by atoms with Gasteiger partial charge >= 0.3 is 0 Å². The van der Waals surface area contributed by atoms with E-state index in [2.05, 4.69) is 19.2 Å². The Morgan fingerprint density at radius 3 is 2.35 bits per heavy atom. The smallest absolute Gasteiger partial charge is 0.0626 e. The molecule has 0 spiro atoms. The molecule has 118 valence electrons. The Hall–Kier alpha value is -0.0800. The zero-order valence-electron chi connectivity index (χ0n) is 13.7. The molecule has 0 radical (unpaired) electrons. The second-order valence-electron chi connectivity index (χ2n) is 6.89. The van der Waals surface area contributed by atoms with Crippen LogP contribution in [0.2, 0.25) is 0 Å². The van der Waals surface area contributed by atoms with Crippen molar-refractivity contribution in [3.05, 3.63) is 0 Å². The van der Waals surface area contributed by atoms with E-state index in [0.29, 0.717) is 12.1 Å². The Morgan fingerprint density at radius 1 is 0.950 bits per heavy atom. The number of nitrogens with one attached hydrogen (secondary N) is 1. The van der Waals surface area contributed by atoms with Crippen LogP contribution < -0.4 is 5.32 Å². The molecule has 0 aromatic heterocycles. The van der Waals surface area contributed by atoms with Crippen LogP contribution in [0.5, 0.6) is 0 Å². The summed E-state index contributed by atoms with van der Waals surface area (Å²) in [6, 6.07) is 0.597. The second kappa shape index (κ2) is 9.04. The van der Waals surface area contributed by atoms with E-state index in [-0.39, 0.29) is 0 Å². The van der Waals surface area contributed by atoms with Gasteiger partial charge in [0, 0.05) is 6.04 Å². The van der Waals surface area contributed by atoms with Gasteiger partial charge in [-0.25, -0.2) is 0 Å². The Balaban J connectivity index is 1.80. The molecule has 0 saturated heterocycles. The number of hydrogen-bond acceptors (Lipinski definition) is 2. The standard InChI is InChI=1S/C18H35NO/c1-3-15-10-8-9-13-18(15)20-14-17(19-4-2)16-11-6-5-7-12-16/h15-19H,3-14H2,1-2H3. The Morgan fingerprint density at radius 2 is 1.65 bits per heavy atom. The molecule has 2 aliphatic carbocycles. The Bertz CT molecular complexity index is 250. The summed E-state index contributed by atoms with van der Waals surface area (Å²) in [5.74, 6) is 1.67. The molecule has 2 fully saturated rings. The largest absolute Gasteiger partial charge is 0.376 e. The fourth-order valence-electron chi connectivity index (χ4n) is 4.25. The first-order chi connectivity index (χ1) is 9.85. The third kappa shape index (κ3) is 4.73. The van der Waals surface area contributed by atoms with Gasteiger partial charge in [-0.15, -0.1) is 0 Å². The molecular formula is C18H35NO. The van der Waals surface area contributed by atoms with E-state index in [1.807, 2.05) is 0 Å². The van der Waals surface area contributed by atoms with E-state index >= 15 is 0 Å². The first-order valence-electron chi connectivity index (χ1n) is 9.20. The highest BCUT2D eigenvalue weighted by Gasteiger charge is 2.28. The van der Waals surface area contributed by atoms with Crippen molar-refractivity contribution in [1.82, 2.24) is 5.32 Å². The molecule has 0 aromatic rings. The lowest BCUT2D eigenvalue weighted by Gasteiger charge is -2.35. The van der Waals surface area contributed by atoms with E-state index in [0.717, 1.165) is 25.0 Å². The third-order valence-electron chi connectivity index (χ3n) is 5.54. The molecular weight excluding hydrogens is 246 g/mol. The van der Waals surface area contributed by atoms with Gasteiger partial charge in [-0.2, -0.15) is 0 Å². The number of likely N-dealkylation sites (N-methyl/N-ethyl adjacent to an activating group) is 1. The van der Waals surface area contributed by atoms with Crippen LogP contribution in [0.15, 0.2) is 0 Å². The summed E-state index contributed by atoms with van der Waals surface area (Å²) in [4.78, 5) is 0. The van der Waals surface area contributed by atoms with Crippen LogP contribution in [0, 0.1) is 11.8 Å². The van der Waals surface area contributed by atoms with Crippen LogP contribution >= 0.6 is 0 Å². The molecule has 3 unspecified atom stereocenters. The topological polar surface area (TPSA) is 21.3 Å². The van der Waals surface area contributed by atoms with Gasteiger partial charge in [0.05, 0.1) is 12.7 Å². The molecule has 2 heteroatoms. The Kier molecular flexibility index (Phi) is 7.37. The molecule has 2 rings (SSSR count). The summed E-state index contributed by atoms with van der Waals surface area (Å²) in [6.45, 7) is 6.58. The SMILES string of the molecule is CCNC(COC1CCCCC1CC)C1CCCCC1. The predicted octanol–water partition coefficient (Wildman–Crippen LogP) is 4.53. The molecule has 2 saturated carbocycles. The van der Waals surface area contributed by atoms with Crippen molar-refractivity contribution in [3.63, 3.8) is 0 Å². The minimum atomic E-state index is 0.540. The molecule has 0 aromatic carbocycles. The highest BCUT2D eigenvalue weighted by Crippen LogP contribution is 2.31. The quantitative estimate of drug-likeness (QED) is 0.740. The van der Waals surface area contributed by atoms with E-state index in [1.54, 1.807) is 0 Å². The van der Waals surface area contributed by atoms with Crippen molar-refractivity contribution in [3.8, 4) is 0 Å². The molecule has 20 heavy (non-hydrogen) atoms. The van der Waals surface area contributed by atoms with Gasteiger partial charge in [0.25, 0.3) is 0 Å². The Labute approximate surface area is 126 Å². The maximum atomic E-state index is 6.39. The van der Waals surface area contributed by atoms with Crippen molar-refractivity contribution in [2.24, 2.45) is 11.8 Å². The van der Waals surface area contributed by atoms with Crippen molar-refractivity contribution < 1.29 is 4.74 Å². The van der Waals surface area contributed by atoms with Crippen LogP contribution in [0.1, 0.15) is 78.1 Å². The number of ether oxygens (including phenoxy) is 1. The number of hydrogen-bond donors (Lipinski definition) is 1. The van der Waals surface area contributed by atoms with Gasteiger partial charge in [-0.05, 0) is 44.1 Å². The molecule has 2 nitrogen and oxygen atoms in total. The summed E-state index contributed by atoms with van der Waals surface area (Å²) in [5.41, 5.74) is 0. The maximum Gasteiger partial charge on any atom is 0.0626 e. The number of rotatable bonds is 7. The van der Waals surface area contributed by atoms with Gasteiger partial charge in [0.15, 0.2) is 0 Å². The van der Waals surface area contributed by atoms with Crippen molar-refractivity contribution in [2.75, 3.05) is 13.2 Å². The average Bonchev–Trinajstić information content (AvgIpc) is 2.52. The summed E-state index contributed by atoms with van der Waals surface area (Å²) >= 11 is 0. The lowest BCUT2D eigenvalue weighted by atomic mass is 9.83. The first-order valence-corrected chi connectivity index (χ1v) is 9.20. The minimum Gasteiger partial charge on any atom is -0.376 e. The van der Waals surface area contributed by atoms with Crippen molar-refractivity contribution >= 4 is 0 Å². The first kappa shape index (κ1) is 16.3. The van der Waals surface area contributed by atoms with E-state index in [1.165, 1.54) is 64.2 Å². The maximum absolute atomic E-state index is 6.39. The van der Waals surface area contributed by atoms with E-state index in [4.69, 9.17) is 4.74 Å². The van der Waals surface area contributed by atoms with Crippen molar-refractivity contribution in [1.29, 1.82) is 0 Å². The zero-order chi connectivity index (χ0) is 14.2. The van der Waals surface area contributed by atoms with Crippen LogP contribution in [-0.4, -0.2) is 25.3 Å². The monoisotopic (exact) mass is 281 g/mol. The van der Waals surface area contributed by atoms with Crippen LogP contribution in [0.3, 0.4) is 0 Å². The van der Waals surface area contributed by atoms with Crippen molar-refractivity contribution in [2.45, 2.75) is 90.2 Å². The summed E-state index contributed by atoms with van der Waals surface area (Å²) in [5, 5.41) is 3.70. The third-order valence-corrected chi connectivity index (χ3v) is 5.54. The lowest BCUT2D eigenvalue weighted by molar-refractivity contribution is -0.0297. The molecule has 0 amide bonds. The highest BCUT2D eigenvalue weighted by atomic mass is 16.5. The fourth-order valence-corrected chi connectivity index (χ4v) is 4.25. The van der Waals surface area contributed by atoms with Crippen LogP contribution in [-0.2, 0) is 4.74 Å². The van der Waals surface area contributed by atoms with Gasteiger partial charge in [-0.3, -0.25) is 0 Å². The van der Waals surface area contributed by atoms with Gasteiger partial charge < -0.3 is 10.1 Å². The van der Waals surface area contributed by atoms with Gasteiger partial charge in [-0.1, -0.05) is 52.4 Å². The van der Waals surface area contributed by atoms with E-state index < -0.39 is 0 Å². The second-order valence-corrected chi connectivity index (χ2v) is 6.89. The fraction of sp³-hybridized carbons (Fsp3) is 1.00. The average molecular weight is 281 g/mol. The van der Waals surface area contributed by atoms with Crippen LogP contribution in [0.4, 0.5) is 0 Å². The zero-order valence-corrected chi connectivity index (χ0v) is 13.7. The molecule has 0 heterocycles. The molecule has 0 bridgehead atoms. The highest BCUT2D eigenvalue weighted by molar-refractivity contribution is 4.81.